The molecule has 1 aromatic heterocycles. The van der Waals surface area contributed by atoms with Gasteiger partial charge >= 0.3 is 0 Å². The third-order valence-electron chi connectivity index (χ3n) is 2.94. The number of sulfonamides is 1. The van der Waals surface area contributed by atoms with Crippen LogP contribution in [0.4, 0.5) is 0 Å². The first kappa shape index (κ1) is 13.0. The Labute approximate surface area is 106 Å². The molecule has 2 heterocycles. The van der Waals surface area contributed by atoms with E-state index in [9.17, 15) is 8.42 Å². The summed E-state index contributed by atoms with van der Waals surface area (Å²) in [4.78, 5) is 3.79. The van der Waals surface area contributed by atoms with E-state index < -0.39 is 10.0 Å². The van der Waals surface area contributed by atoms with Crippen molar-refractivity contribution < 1.29 is 8.42 Å². The van der Waals surface area contributed by atoms with E-state index in [1.165, 1.54) is 22.6 Å². The lowest BCUT2D eigenvalue weighted by Gasteiger charge is -2.36. The fourth-order valence-electron chi connectivity index (χ4n) is 1.91. The van der Waals surface area contributed by atoms with Crippen LogP contribution < -0.4 is 5.32 Å². The van der Waals surface area contributed by atoms with Crippen LogP contribution in [0.3, 0.4) is 0 Å². The topological polar surface area (TPSA) is 86.1 Å². The Morgan fingerprint density at radius 1 is 1.61 bits per heavy atom. The lowest BCUT2D eigenvalue weighted by atomic mass is 10.2. The highest BCUT2D eigenvalue weighted by molar-refractivity contribution is 7.89. The number of hydrogen-bond donors (Lipinski definition) is 1. The second-order valence-corrected chi connectivity index (χ2v) is 5.84. The minimum atomic E-state index is -3.65. The van der Waals surface area contributed by atoms with E-state index in [1.807, 2.05) is 6.07 Å². The van der Waals surface area contributed by atoms with Crippen LogP contribution in [-0.2, 0) is 10.0 Å². The predicted octanol–water partition coefficient (Wildman–Crippen LogP) is -0.0643. The summed E-state index contributed by atoms with van der Waals surface area (Å²) < 4.78 is 26.4. The molecule has 1 fully saturated rings. The average Bonchev–Trinajstić information content (AvgIpc) is 2.33. The van der Waals surface area contributed by atoms with Gasteiger partial charge in [-0.2, -0.15) is 9.57 Å². The molecule has 7 heteroatoms. The normalized spacial score (nSPS) is 16.3. The molecule has 18 heavy (non-hydrogen) atoms. The minimum absolute atomic E-state index is 0.0127. The first-order valence-corrected chi connectivity index (χ1v) is 7.13. The van der Waals surface area contributed by atoms with Gasteiger partial charge in [-0.15, -0.1) is 0 Å². The zero-order valence-electron chi connectivity index (χ0n) is 10.00. The van der Waals surface area contributed by atoms with Gasteiger partial charge in [-0.1, -0.05) is 6.92 Å². The number of pyridine rings is 1. The summed E-state index contributed by atoms with van der Waals surface area (Å²) in [6.07, 6.45) is 1.42. The lowest BCUT2D eigenvalue weighted by Crippen LogP contribution is -2.58. The van der Waals surface area contributed by atoms with Gasteiger partial charge in [-0.05, 0) is 12.1 Å². The Morgan fingerprint density at radius 3 is 2.83 bits per heavy atom. The summed E-state index contributed by atoms with van der Waals surface area (Å²) in [5.74, 6) is 0. The van der Waals surface area contributed by atoms with Crippen molar-refractivity contribution in [3.63, 3.8) is 0 Å². The van der Waals surface area contributed by atoms with Crippen LogP contribution in [0.15, 0.2) is 23.2 Å². The molecule has 0 bridgehead atoms. The maximum atomic E-state index is 12.5. The average molecular weight is 266 g/mol. The molecule has 6 nitrogen and oxygen atoms in total. The van der Waals surface area contributed by atoms with Crippen molar-refractivity contribution in [3.8, 4) is 6.07 Å². The second kappa shape index (κ2) is 5.02. The van der Waals surface area contributed by atoms with Gasteiger partial charge in [0.1, 0.15) is 11.0 Å². The zero-order valence-corrected chi connectivity index (χ0v) is 10.8. The third kappa shape index (κ3) is 2.10. The number of nitrogens with zero attached hydrogens (tertiary/aromatic N) is 3. The third-order valence-corrected chi connectivity index (χ3v) is 5.00. The molecule has 0 atom stereocenters. The van der Waals surface area contributed by atoms with Crippen LogP contribution in [-0.4, -0.2) is 43.4 Å². The van der Waals surface area contributed by atoms with Gasteiger partial charge in [0.2, 0.25) is 10.0 Å². The van der Waals surface area contributed by atoms with Crippen molar-refractivity contribution in [2.75, 3.05) is 19.6 Å². The Morgan fingerprint density at radius 2 is 2.33 bits per heavy atom. The number of likely N-dealkylation sites (N-methyl/N-ethyl adjacent to an activating group) is 1. The first-order valence-electron chi connectivity index (χ1n) is 5.69. The van der Waals surface area contributed by atoms with Gasteiger partial charge in [0.15, 0.2) is 5.69 Å². The first-order chi connectivity index (χ1) is 8.61. The van der Waals surface area contributed by atoms with Crippen molar-refractivity contribution >= 4 is 10.0 Å². The van der Waals surface area contributed by atoms with E-state index in [0.29, 0.717) is 19.6 Å². The van der Waals surface area contributed by atoms with E-state index in [0.717, 1.165) is 0 Å². The molecule has 1 saturated heterocycles. The zero-order chi connectivity index (χ0) is 13.2. The molecule has 0 aromatic carbocycles. The highest BCUT2D eigenvalue weighted by Gasteiger charge is 2.35. The molecule has 0 spiro atoms. The van der Waals surface area contributed by atoms with E-state index in [2.05, 4.69) is 10.3 Å². The van der Waals surface area contributed by atoms with Crippen molar-refractivity contribution in [2.45, 2.75) is 17.9 Å². The number of hydrogen-bond acceptors (Lipinski definition) is 5. The van der Waals surface area contributed by atoms with Crippen LogP contribution in [0.1, 0.15) is 12.6 Å². The summed E-state index contributed by atoms with van der Waals surface area (Å²) in [5, 5.41) is 12.0. The largest absolute Gasteiger partial charge is 0.313 e. The van der Waals surface area contributed by atoms with Crippen molar-refractivity contribution in [1.82, 2.24) is 14.6 Å². The molecule has 0 radical (unpaired) electrons. The number of nitriles is 1. The fraction of sp³-hybridized carbons (Fsp3) is 0.455. The van der Waals surface area contributed by atoms with Gasteiger partial charge in [-0.25, -0.2) is 13.4 Å². The molecule has 2 rings (SSSR count). The maximum absolute atomic E-state index is 12.5. The van der Waals surface area contributed by atoms with E-state index in [-0.39, 0.29) is 16.6 Å². The van der Waals surface area contributed by atoms with Crippen LogP contribution >= 0.6 is 0 Å². The SMILES string of the molecule is CCN(C1CNC1)S(=O)(=O)c1cccnc1C#N. The predicted molar refractivity (Wildman–Crippen MR) is 65.2 cm³/mol. The number of rotatable bonds is 4. The van der Waals surface area contributed by atoms with Gasteiger partial charge in [-0.3, -0.25) is 0 Å². The molecule has 1 aliphatic rings. The summed E-state index contributed by atoms with van der Waals surface area (Å²) in [7, 11) is -3.65. The van der Waals surface area contributed by atoms with Crippen LogP contribution in [0.25, 0.3) is 0 Å². The maximum Gasteiger partial charge on any atom is 0.246 e. The van der Waals surface area contributed by atoms with Crippen molar-refractivity contribution in [3.05, 3.63) is 24.0 Å². The molecule has 1 aromatic rings. The number of aromatic nitrogens is 1. The highest BCUT2D eigenvalue weighted by atomic mass is 32.2. The van der Waals surface area contributed by atoms with Gasteiger partial charge in [0.05, 0.1) is 6.04 Å². The van der Waals surface area contributed by atoms with Crippen LogP contribution in [0.5, 0.6) is 0 Å². The Kier molecular flexibility index (Phi) is 3.61. The summed E-state index contributed by atoms with van der Waals surface area (Å²) in [6.45, 7) is 3.47. The van der Waals surface area contributed by atoms with Gasteiger partial charge < -0.3 is 5.32 Å². The summed E-state index contributed by atoms with van der Waals surface area (Å²) in [5.41, 5.74) is -0.0526. The quantitative estimate of drug-likeness (QED) is 0.824. The molecule has 0 amide bonds. The molecule has 1 aliphatic heterocycles. The molecule has 0 unspecified atom stereocenters. The Hall–Kier alpha value is -1.49. The summed E-state index contributed by atoms with van der Waals surface area (Å²) in [6, 6.07) is 4.74. The molecule has 96 valence electrons. The Bertz CT molecular complexity index is 575. The standard InChI is InChI=1S/C11H14N4O2S/c1-2-15(9-7-13-8-9)18(16,17)11-4-3-5-14-10(11)6-12/h3-5,9,13H,2,7-8H2,1H3. The van der Waals surface area contributed by atoms with E-state index in [4.69, 9.17) is 5.26 Å². The second-order valence-electron chi connectivity index (χ2n) is 3.98. The van der Waals surface area contributed by atoms with Crippen LogP contribution in [0, 0.1) is 11.3 Å². The molecule has 0 saturated carbocycles. The van der Waals surface area contributed by atoms with Crippen LogP contribution in [0.2, 0.25) is 0 Å². The molecule has 0 aliphatic carbocycles. The molecule has 1 N–H and O–H groups in total. The van der Waals surface area contributed by atoms with Crippen molar-refractivity contribution in [2.24, 2.45) is 0 Å². The Balaban J connectivity index is 2.43. The highest BCUT2D eigenvalue weighted by Crippen LogP contribution is 2.21. The minimum Gasteiger partial charge on any atom is -0.313 e. The lowest BCUT2D eigenvalue weighted by molar-refractivity contribution is 0.249. The fourth-order valence-corrected chi connectivity index (χ4v) is 3.64. The van der Waals surface area contributed by atoms with Gasteiger partial charge in [0, 0.05) is 25.8 Å². The molecular weight excluding hydrogens is 252 g/mol. The van der Waals surface area contributed by atoms with E-state index >= 15 is 0 Å². The van der Waals surface area contributed by atoms with E-state index in [1.54, 1.807) is 6.92 Å². The smallest absolute Gasteiger partial charge is 0.246 e. The molecular formula is C11H14N4O2S. The van der Waals surface area contributed by atoms with Gasteiger partial charge in [0.25, 0.3) is 0 Å². The number of nitrogens with one attached hydrogen (secondary N) is 1. The monoisotopic (exact) mass is 266 g/mol. The van der Waals surface area contributed by atoms with Crippen molar-refractivity contribution in [1.29, 1.82) is 5.26 Å². The summed E-state index contributed by atoms with van der Waals surface area (Å²) >= 11 is 0.